The Bertz CT molecular complexity index is 905. The molecule has 1 aromatic carbocycles. The fraction of sp³-hybridized carbons (Fsp3) is 0.591. The lowest BCUT2D eigenvalue weighted by Gasteiger charge is -2.23. The summed E-state index contributed by atoms with van der Waals surface area (Å²) in [5.74, 6) is 1.88. The molecule has 0 saturated carbocycles. The minimum atomic E-state index is -0.492. The highest BCUT2D eigenvalue weighted by Gasteiger charge is 2.27. The smallest absolute Gasteiger partial charge is 0.407 e. The molecule has 31 heavy (non-hydrogen) atoms. The highest BCUT2D eigenvalue weighted by Crippen LogP contribution is 2.15. The van der Waals surface area contributed by atoms with Crippen molar-refractivity contribution in [3.63, 3.8) is 0 Å². The van der Waals surface area contributed by atoms with Crippen LogP contribution >= 0.6 is 24.0 Å². The van der Waals surface area contributed by atoms with Crippen LogP contribution in [0, 0.1) is 6.92 Å². The second-order valence-corrected chi connectivity index (χ2v) is 8.61. The predicted octanol–water partition coefficient (Wildman–Crippen LogP) is 3.53. The average molecular weight is 542 g/mol. The number of rotatable bonds is 5. The van der Waals surface area contributed by atoms with Crippen LogP contribution in [0.4, 0.5) is 4.79 Å². The molecule has 1 aromatic heterocycles. The first-order chi connectivity index (χ1) is 14.3. The summed E-state index contributed by atoms with van der Waals surface area (Å²) in [7, 11) is 0. The summed E-state index contributed by atoms with van der Waals surface area (Å²) in [6, 6.07) is 8.24. The van der Waals surface area contributed by atoms with Crippen LogP contribution in [0.1, 0.15) is 39.9 Å². The summed E-state index contributed by atoms with van der Waals surface area (Å²) in [5.41, 5.74) is 1.66. The molecule has 3 rings (SSSR count). The van der Waals surface area contributed by atoms with Gasteiger partial charge in [-0.05, 0) is 53.2 Å². The van der Waals surface area contributed by atoms with E-state index >= 15 is 0 Å². The van der Waals surface area contributed by atoms with Crippen molar-refractivity contribution in [2.24, 2.45) is 4.99 Å². The van der Waals surface area contributed by atoms with E-state index in [0.29, 0.717) is 6.54 Å². The van der Waals surface area contributed by atoms with Gasteiger partial charge in [0.1, 0.15) is 11.4 Å². The number of fused-ring (bicyclic) bond motifs is 1. The maximum Gasteiger partial charge on any atom is 0.407 e. The molecule has 0 bridgehead atoms. The number of nitrogens with one attached hydrogen (secondary N) is 2. The van der Waals surface area contributed by atoms with E-state index in [1.54, 1.807) is 0 Å². The highest BCUT2D eigenvalue weighted by atomic mass is 127. The molecular weight excluding hydrogens is 507 g/mol. The van der Waals surface area contributed by atoms with Crippen LogP contribution in [-0.2, 0) is 11.3 Å². The predicted molar refractivity (Wildman–Crippen MR) is 135 cm³/mol. The third-order valence-corrected chi connectivity index (χ3v) is 4.97. The highest BCUT2D eigenvalue weighted by molar-refractivity contribution is 14.0. The average Bonchev–Trinajstić information content (AvgIpc) is 3.23. The SMILES string of the molecule is CCNC(=NCCn1c(C)nc2ccccc21)N1CCC(NC(=O)OC(C)(C)C)C1.I. The van der Waals surface area contributed by atoms with E-state index in [2.05, 4.69) is 38.1 Å². The van der Waals surface area contributed by atoms with Gasteiger partial charge in [0.15, 0.2) is 5.96 Å². The number of amides is 1. The van der Waals surface area contributed by atoms with E-state index in [1.807, 2.05) is 45.9 Å². The van der Waals surface area contributed by atoms with Crippen LogP contribution in [0.3, 0.4) is 0 Å². The Labute approximate surface area is 201 Å². The minimum absolute atomic E-state index is 0. The van der Waals surface area contributed by atoms with Crippen molar-refractivity contribution in [2.45, 2.75) is 59.2 Å². The summed E-state index contributed by atoms with van der Waals surface area (Å²) >= 11 is 0. The van der Waals surface area contributed by atoms with Crippen molar-refractivity contribution in [2.75, 3.05) is 26.2 Å². The van der Waals surface area contributed by atoms with Gasteiger partial charge in [-0.3, -0.25) is 4.99 Å². The normalized spacial score (nSPS) is 16.9. The lowest BCUT2D eigenvalue weighted by atomic mass is 10.2. The molecule has 172 valence electrons. The van der Waals surface area contributed by atoms with Gasteiger partial charge in [0.05, 0.1) is 23.6 Å². The van der Waals surface area contributed by atoms with Crippen LogP contribution in [0.5, 0.6) is 0 Å². The van der Waals surface area contributed by atoms with Crippen molar-refractivity contribution >= 4 is 47.1 Å². The minimum Gasteiger partial charge on any atom is -0.444 e. The van der Waals surface area contributed by atoms with E-state index in [9.17, 15) is 4.79 Å². The van der Waals surface area contributed by atoms with Gasteiger partial charge in [-0.25, -0.2) is 9.78 Å². The molecule has 0 spiro atoms. The Kier molecular flexibility index (Phi) is 8.96. The van der Waals surface area contributed by atoms with Gasteiger partial charge in [-0.15, -0.1) is 24.0 Å². The number of alkyl carbamates (subject to hydrolysis) is 1. The van der Waals surface area contributed by atoms with E-state index < -0.39 is 5.60 Å². The summed E-state index contributed by atoms with van der Waals surface area (Å²) in [5, 5.41) is 6.35. The number of nitrogens with zero attached hydrogens (tertiary/aromatic N) is 4. The number of para-hydroxylation sites is 2. The molecule has 1 saturated heterocycles. The zero-order valence-corrected chi connectivity index (χ0v) is 21.5. The number of carbonyl (C=O) groups is 1. The fourth-order valence-corrected chi connectivity index (χ4v) is 3.70. The summed E-state index contributed by atoms with van der Waals surface area (Å²) in [6.45, 7) is 13.5. The van der Waals surface area contributed by atoms with Crippen molar-refractivity contribution in [1.82, 2.24) is 25.1 Å². The summed E-state index contributed by atoms with van der Waals surface area (Å²) in [6.07, 6.45) is 0.508. The summed E-state index contributed by atoms with van der Waals surface area (Å²) in [4.78, 5) is 23.7. The molecule has 0 aliphatic carbocycles. The molecule has 1 atom stereocenters. The van der Waals surface area contributed by atoms with Gasteiger partial charge in [0.2, 0.25) is 0 Å². The topological polar surface area (TPSA) is 83.8 Å². The molecule has 9 heteroatoms. The number of benzene rings is 1. The molecule has 2 heterocycles. The van der Waals surface area contributed by atoms with E-state index in [1.165, 1.54) is 0 Å². The first kappa shape index (κ1) is 25.2. The third kappa shape index (κ3) is 6.98. The lowest BCUT2D eigenvalue weighted by Crippen LogP contribution is -2.44. The van der Waals surface area contributed by atoms with Gasteiger partial charge in [0.25, 0.3) is 0 Å². The van der Waals surface area contributed by atoms with Crippen LogP contribution in [0.2, 0.25) is 0 Å². The number of imidazole rings is 1. The van der Waals surface area contributed by atoms with Crippen LogP contribution in [0.15, 0.2) is 29.3 Å². The quantitative estimate of drug-likeness (QED) is 0.343. The number of hydrogen-bond donors (Lipinski definition) is 2. The number of ether oxygens (including phenoxy) is 1. The molecule has 2 N–H and O–H groups in total. The first-order valence-corrected chi connectivity index (χ1v) is 10.7. The molecule has 0 radical (unpaired) electrons. The van der Waals surface area contributed by atoms with Gasteiger partial charge in [-0.2, -0.15) is 0 Å². The number of likely N-dealkylation sites (tertiary alicyclic amines) is 1. The van der Waals surface area contributed by atoms with E-state index in [4.69, 9.17) is 9.73 Å². The van der Waals surface area contributed by atoms with Crippen molar-refractivity contribution in [3.8, 4) is 0 Å². The number of guanidine groups is 1. The Balaban J connectivity index is 0.00000341. The molecule has 1 aliphatic rings. The largest absolute Gasteiger partial charge is 0.444 e. The van der Waals surface area contributed by atoms with E-state index in [-0.39, 0.29) is 36.1 Å². The van der Waals surface area contributed by atoms with Gasteiger partial charge in [0, 0.05) is 26.2 Å². The number of halogens is 1. The first-order valence-electron chi connectivity index (χ1n) is 10.7. The molecular formula is C22H35IN6O2. The molecule has 2 aromatic rings. The van der Waals surface area contributed by atoms with Gasteiger partial charge < -0.3 is 24.8 Å². The van der Waals surface area contributed by atoms with E-state index in [0.717, 1.165) is 55.4 Å². The number of aliphatic imine (C=N–C) groups is 1. The molecule has 8 nitrogen and oxygen atoms in total. The number of aromatic nitrogens is 2. The van der Waals surface area contributed by atoms with Crippen molar-refractivity contribution in [3.05, 3.63) is 30.1 Å². The Morgan fingerprint density at radius 3 is 2.77 bits per heavy atom. The molecule has 1 unspecified atom stereocenters. The second kappa shape index (κ2) is 11.0. The van der Waals surface area contributed by atoms with Crippen LogP contribution in [0.25, 0.3) is 11.0 Å². The number of aryl methyl sites for hydroxylation is 1. The fourth-order valence-electron chi connectivity index (χ4n) is 3.70. The van der Waals surface area contributed by atoms with Gasteiger partial charge in [-0.1, -0.05) is 12.1 Å². The number of hydrogen-bond acceptors (Lipinski definition) is 4. The third-order valence-electron chi connectivity index (χ3n) is 4.97. The Hall–Kier alpha value is -2.04. The Morgan fingerprint density at radius 1 is 1.32 bits per heavy atom. The molecule has 1 aliphatic heterocycles. The molecule has 1 amide bonds. The van der Waals surface area contributed by atoms with Crippen molar-refractivity contribution in [1.29, 1.82) is 0 Å². The summed E-state index contributed by atoms with van der Waals surface area (Å²) < 4.78 is 7.58. The maximum absolute atomic E-state index is 12.1. The zero-order chi connectivity index (χ0) is 21.7. The van der Waals surface area contributed by atoms with Gasteiger partial charge >= 0.3 is 6.09 Å². The number of carbonyl (C=O) groups excluding carboxylic acids is 1. The second-order valence-electron chi connectivity index (χ2n) is 8.61. The van der Waals surface area contributed by atoms with Crippen molar-refractivity contribution < 1.29 is 9.53 Å². The standard InChI is InChI=1S/C22H34N6O2.HI/c1-6-23-20(27-13-11-17(15-27)26-21(29)30-22(3,4)5)24-12-14-28-16(2)25-18-9-7-8-10-19(18)28;/h7-10,17H,6,11-15H2,1-5H3,(H,23,24)(H,26,29);1H. The zero-order valence-electron chi connectivity index (χ0n) is 19.1. The maximum atomic E-state index is 12.1. The van der Waals surface area contributed by atoms with Crippen LogP contribution in [-0.4, -0.2) is 64.3 Å². The van der Waals surface area contributed by atoms with Crippen LogP contribution < -0.4 is 10.6 Å². The lowest BCUT2D eigenvalue weighted by molar-refractivity contribution is 0.0507. The Morgan fingerprint density at radius 2 is 2.06 bits per heavy atom. The molecule has 1 fully saturated rings. The monoisotopic (exact) mass is 542 g/mol.